The molecule has 2 aliphatic rings. The molecule has 0 radical (unpaired) electrons. The third-order valence-corrected chi connectivity index (χ3v) is 3.65. The number of nitrogens with zero attached hydrogens (tertiary/aromatic N) is 1. The van der Waals surface area contributed by atoms with Crippen LogP contribution < -0.4 is 10.2 Å². The molecule has 4 heteroatoms. The third kappa shape index (κ3) is 1.72. The number of nitrogens with one attached hydrogen (secondary N) is 1. The summed E-state index contributed by atoms with van der Waals surface area (Å²) in [5.41, 5.74) is 0.425. The van der Waals surface area contributed by atoms with E-state index in [9.17, 15) is 9.18 Å². The lowest BCUT2D eigenvalue weighted by Crippen LogP contribution is -2.47. The predicted octanol–water partition coefficient (Wildman–Crippen LogP) is 1.68. The number of fused-ring (bicyclic) bond motifs is 1. The molecule has 2 unspecified atom stereocenters. The Morgan fingerprint density at radius 3 is 3.00 bits per heavy atom. The van der Waals surface area contributed by atoms with Crippen molar-refractivity contribution in [1.82, 2.24) is 5.32 Å². The number of benzene rings is 1. The molecule has 1 aromatic rings. The fourth-order valence-corrected chi connectivity index (χ4v) is 2.88. The van der Waals surface area contributed by atoms with E-state index in [1.165, 1.54) is 6.07 Å². The molecule has 0 aliphatic carbocycles. The molecule has 3 rings (SSSR count). The van der Waals surface area contributed by atoms with Gasteiger partial charge in [-0.1, -0.05) is 12.1 Å². The first-order valence-electron chi connectivity index (χ1n) is 6.07. The monoisotopic (exact) mass is 234 g/mol. The number of amides is 1. The summed E-state index contributed by atoms with van der Waals surface area (Å²) in [6, 6.07) is 6.82. The molecule has 1 aromatic carbocycles. The van der Waals surface area contributed by atoms with Crippen molar-refractivity contribution in [3.8, 4) is 0 Å². The van der Waals surface area contributed by atoms with Crippen molar-refractivity contribution < 1.29 is 9.18 Å². The second kappa shape index (κ2) is 4.11. The average molecular weight is 234 g/mol. The van der Waals surface area contributed by atoms with Crippen molar-refractivity contribution in [3.63, 3.8) is 0 Å². The highest BCUT2D eigenvalue weighted by atomic mass is 19.1. The molecule has 3 nitrogen and oxygen atoms in total. The molecule has 2 heterocycles. The Balaban J connectivity index is 1.96. The van der Waals surface area contributed by atoms with E-state index >= 15 is 0 Å². The molecule has 2 fully saturated rings. The maximum absolute atomic E-state index is 13.8. The molecule has 90 valence electrons. The molecule has 17 heavy (non-hydrogen) atoms. The number of halogens is 1. The van der Waals surface area contributed by atoms with E-state index in [0.29, 0.717) is 12.1 Å². The molecular weight excluding hydrogens is 219 g/mol. The van der Waals surface area contributed by atoms with Crippen LogP contribution in [-0.2, 0) is 4.79 Å². The highest BCUT2D eigenvalue weighted by Crippen LogP contribution is 2.32. The second-order valence-electron chi connectivity index (χ2n) is 4.69. The van der Waals surface area contributed by atoms with Crippen molar-refractivity contribution in [3.05, 3.63) is 30.1 Å². The largest absolute Gasteiger partial charge is 0.311 e. The van der Waals surface area contributed by atoms with Crippen LogP contribution in [0.5, 0.6) is 0 Å². The van der Waals surface area contributed by atoms with E-state index in [-0.39, 0.29) is 23.8 Å². The Kier molecular flexibility index (Phi) is 2.59. The van der Waals surface area contributed by atoms with Crippen LogP contribution in [0.4, 0.5) is 10.1 Å². The Morgan fingerprint density at radius 2 is 2.18 bits per heavy atom. The highest BCUT2D eigenvalue weighted by Gasteiger charge is 2.42. The lowest BCUT2D eigenvalue weighted by molar-refractivity contribution is -0.117. The lowest BCUT2D eigenvalue weighted by atomic mass is 9.99. The van der Waals surface area contributed by atoms with E-state index in [0.717, 1.165) is 19.4 Å². The summed E-state index contributed by atoms with van der Waals surface area (Å²) >= 11 is 0. The van der Waals surface area contributed by atoms with E-state index in [4.69, 9.17) is 0 Å². The fraction of sp³-hybridized carbons (Fsp3) is 0.462. The molecule has 1 amide bonds. The molecule has 0 spiro atoms. The maximum Gasteiger partial charge on any atom is 0.229 e. The molecule has 1 N–H and O–H groups in total. The van der Waals surface area contributed by atoms with Gasteiger partial charge in [-0.25, -0.2) is 4.39 Å². The van der Waals surface area contributed by atoms with Crippen molar-refractivity contribution >= 4 is 11.6 Å². The van der Waals surface area contributed by atoms with Crippen LogP contribution in [0.25, 0.3) is 0 Å². The number of carbonyl (C=O) groups excluding carboxylic acids is 1. The summed E-state index contributed by atoms with van der Waals surface area (Å²) in [6.07, 6.45) is 2.48. The van der Waals surface area contributed by atoms with Crippen molar-refractivity contribution in [2.45, 2.75) is 31.3 Å². The number of hydrogen-bond donors (Lipinski definition) is 1. The average Bonchev–Trinajstić information content (AvgIpc) is 2.66. The minimum absolute atomic E-state index is 0.0273. The minimum atomic E-state index is -0.313. The van der Waals surface area contributed by atoms with Gasteiger partial charge in [0.05, 0.1) is 11.7 Å². The Hall–Kier alpha value is -1.42. The number of anilines is 1. The summed E-state index contributed by atoms with van der Waals surface area (Å²) in [7, 11) is 0. The number of rotatable bonds is 1. The van der Waals surface area contributed by atoms with E-state index < -0.39 is 0 Å². The maximum atomic E-state index is 13.8. The highest BCUT2D eigenvalue weighted by molar-refractivity contribution is 5.97. The van der Waals surface area contributed by atoms with Gasteiger partial charge in [-0.2, -0.15) is 0 Å². The van der Waals surface area contributed by atoms with Crippen LogP contribution in [-0.4, -0.2) is 24.5 Å². The molecule has 2 saturated heterocycles. The summed E-state index contributed by atoms with van der Waals surface area (Å²) < 4.78 is 13.8. The van der Waals surface area contributed by atoms with Gasteiger partial charge < -0.3 is 10.2 Å². The van der Waals surface area contributed by atoms with Gasteiger partial charge in [0.1, 0.15) is 5.82 Å². The Morgan fingerprint density at radius 1 is 1.35 bits per heavy atom. The zero-order valence-corrected chi connectivity index (χ0v) is 9.53. The van der Waals surface area contributed by atoms with Crippen molar-refractivity contribution in [2.24, 2.45) is 0 Å². The van der Waals surface area contributed by atoms with Gasteiger partial charge in [0.15, 0.2) is 0 Å². The van der Waals surface area contributed by atoms with E-state index in [2.05, 4.69) is 5.32 Å². The van der Waals surface area contributed by atoms with Crippen LogP contribution in [0, 0.1) is 5.82 Å². The topological polar surface area (TPSA) is 32.3 Å². The molecule has 0 bridgehead atoms. The number of piperidine rings is 1. The summed E-state index contributed by atoms with van der Waals surface area (Å²) in [6.45, 7) is 0.958. The van der Waals surface area contributed by atoms with Gasteiger partial charge in [0.2, 0.25) is 5.91 Å². The molecular formula is C13H15FN2O. The van der Waals surface area contributed by atoms with Gasteiger partial charge in [-0.3, -0.25) is 4.79 Å². The SMILES string of the molecule is O=C1CC2NCCCC2N1c1ccccc1F. The number of hydrogen-bond acceptors (Lipinski definition) is 2. The number of para-hydroxylation sites is 1. The first-order chi connectivity index (χ1) is 8.27. The second-order valence-corrected chi connectivity index (χ2v) is 4.69. The fourth-order valence-electron chi connectivity index (χ4n) is 2.88. The van der Waals surface area contributed by atoms with Crippen molar-refractivity contribution in [1.29, 1.82) is 0 Å². The van der Waals surface area contributed by atoms with Gasteiger partial charge in [-0.05, 0) is 31.5 Å². The van der Waals surface area contributed by atoms with E-state index in [1.54, 1.807) is 23.1 Å². The summed E-state index contributed by atoms with van der Waals surface area (Å²) in [5.74, 6) is -0.286. The third-order valence-electron chi connectivity index (χ3n) is 3.65. The summed E-state index contributed by atoms with van der Waals surface area (Å²) in [4.78, 5) is 13.7. The standard InChI is InChI=1S/C13H15FN2O/c14-9-4-1-2-5-11(9)16-12-6-3-7-15-10(12)8-13(16)17/h1-2,4-5,10,12,15H,3,6-8H2. The first kappa shape index (κ1) is 10.7. The zero-order chi connectivity index (χ0) is 11.8. The van der Waals surface area contributed by atoms with Gasteiger partial charge >= 0.3 is 0 Å². The first-order valence-corrected chi connectivity index (χ1v) is 6.07. The lowest BCUT2D eigenvalue weighted by Gasteiger charge is -2.32. The van der Waals surface area contributed by atoms with Crippen LogP contribution in [0.3, 0.4) is 0 Å². The van der Waals surface area contributed by atoms with Crippen LogP contribution in [0.15, 0.2) is 24.3 Å². The molecule has 2 aliphatic heterocycles. The smallest absolute Gasteiger partial charge is 0.229 e. The van der Waals surface area contributed by atoms with Gasteiger partial charge in [0.25, 0.3) is 0 Å². The minimum Gasteiger partial charge on any atom is -0.311 e. The van der Waals surface area contributed by atoms with Gasteiger partial charge in [-0.15, -0.1) is 0 Å². The Bertz CT molecular complexity index is 449. The molecule has 2 atom stereocenters. The van der Waals surface area contributed by atoms with Crippen LogP contribution in [0.2, 0.25) is 0 Å². The quantitative estimate of drug-likeness (QED) is 0.802. The number of carbonyl (C=O) groups is 1. The normalized spacial score (nSPS) is 28.3. The van der Waals surface area contributed by atoms with Crippen LogP contribution in [0.1, 0.15) is 19.3 Å². The Labute approximate surface area is 99.6 Å². The van der Waals surface area contributed by atoms with Gasteiger partial charge in [0, 0.05) is 12.5 Å². The van der Waals surface area contributed by atoms with E-state index in [1.807, 2.05) is 0 Å². The zero-order valence-electron chi connectivity index (χ0n) is 9.53. The summed E-state index contributed by atoms with van der Waals surface area (Å²) in [5, 5.41) is 3.35. The molecule has 0 saturated carbocycles. The molecule has 0 aromatic heterocycles. The van der Waals surface area contributed by atoms with Crippen molar-refractivity contribution in [2.75, 3.05) is 11.4 Å². The van der Waals surface area contributed by atoms with Crippen LogP contribution >= 0.6 is 0 Å². The predicted molar refractivity (Wildman–Crippen MR) is 63.3 cm³/mol.